The van der Waals surface area contributed by atoms with Gasteiger partial charge in [0.1, 0.15) is 11.5 Å². The fourth-order valence-electron chi connectivity index (χ4n) is 2.15. The summed E-state index contributed by atoms with van der Waals surface area (Å²) in [5, 5.41) is 0. The third kappa shape index (κ3) is 2.36. The lowest BCUT2D eigenvalue weighted by atomic mass is 10.1. The molecule has 19 heavy (non-hydrogen) atoms. The van der Waals surface area contributed by atoms with Crippen molar-refractivity contribution in [1.82, 2.24) is 0 Å². The average Bonchev–Trinajstić information content (AvgIpc) is 2.82. The second-order valence-electron chi connectivity index (χ2n) is 4.47. The first kappa shape index (κ1) is 12.2. The average molecular weight is 313 g/mol. The van der Waals surface area contributed by atoms with E-state index in [2.05, 4.69) is 47.1 Å². The van der Waals surface area contributed by atoms with Gasteiger partial charge in [-0.2, -0.15) is 0 Å². The molecule has 2 heteroatoms. The molecule has 3 aromatic rings. The molecular formula is C17H13BrO. The first-order valence-electron chi connectivity index (χ1n) is 6.16. The Morgan fingerprint density at radius 3 is 2.32 bits per heavy atom. The zero-order chi connectivity index (χ0) is 13.2. The minimum absolute atomic E-state index is 0.892. The lowest BCUT2D eigenvalue weighted by Crippen LogP contribution is -1.75. The zero-order valence-corrected chi connectivity index (χ0v) is 12.1. The van der Waals surface area contributed by atoms with Gasteiger partial charge in [0.05, 0.1) is 0 Å². The molecule has 0 saturated carbocycles. The first-order valence-corrected chi connectivity index (χ1v) is 6.96. The normalized spacial score (nSPS) is 10.6. The van der Waals surface area contributed by atoms with Crippen LogP contribution in [-0.4, -0.2) is 0 Å². The lowest BCUT2D eigenvalue weighted by molar-refractivity contribution is 0.595. The molecule has 0 fully saturated rings. The predicted molar refractivity (Wildman–Crippen MR) is 82.0 cm³/mol. The first-order chi connectivity index (χ1) is 9.25. The van der Waals surface area contributed by atoms with E-state index in [0.717, 1.165) is 32.7 Å². The third-order valence-electron chi connectivity index (χ3n) is 3.09. The van der Waals surface area contributed by atoms with Crippen molar-refractivity contribution < 1.29 is 4.42 Å². The molecule has 0 atom stereocenters. The standard InChI is InChI=1S/C17H13BrO/c1-12-11-16(14-9-5-6-10-15(14)18)19-17(12)13-7-3-2-4-8-13/h2-11H,1H3. The second kappa shape index (κ2) is 5.06. The van der Waals surface area contributed by atoms with E-state index in [9.17, 15) is 0 Å². The van der Waals surface area contributed by atoms with E-state index < -0.39 is 0 Å². The molecule has 3 rings (SSSR count). The molecule has 0 amide bonds. The number of furan rings is 1. The molecule has 1 heterocycles. The summed E-state index contributed by atoms with van der Waals surface area (Å²) in [6, 6.07) is 20.4. The van der Waals surface area contributed by atoms with Crippen molar-refractivity contribution in [2.75, 3.05) is 0 Å². The molecule has 0 aliphatic rings. The summed E-state index contributed by atoms with van der Waals surface area (Å²) >= 11 is 3.56. The zero-order valence-electron chi connectivity index (χ0n) is 10.6. The Kier molecular flexibility index (Phi) is 3.26. The Labute approximate surface area is 121 Å². The van der Waals surface area contributed by atoms with Crippen LogP contribution in [0.4, 0.5) is 0 Å². The highest BCUT2D eigenvalue weighted by molar-refractivity contribution is 9.10. The molecule has 0 aliphatic carbocycles. The van der Waals surface area contributed by atoms with Crippen LogP contribution in [0.2, 0.25) is 0 Å². The maximum atomic E-state index is 6.04. The summed E-state index contributed by atoms with van der Waals surface area (Å²) in [5.41, 5.74) is 3.34. The highest BCUT2D eigenvalue weighted by Gasteiger charge is 2.12. The van der Waals surface area contributed by atoms with Crippen LogP contribution in [0, 0.1) is 6.92 Å². The van der Waals surface area contributed by atoms with E-state index in [0.29, 0.717) is 0 Å². The van der Waals surface area contributed by atoms with Crippen LogP contribution < -0.4 is 0 Å². The van der Waals surface area contributed by atoms with Crippen molar-refractivity contribution in [3.8, 4) is 22.6 Å². The SMILES string of the molecule is Cc1cc(-c2ccccc2Br)oc1-c1ccccc1. The fraction of sp³-hybridized carbons (Fsp3) is 0.0588. The Bertz CT molecular complexity index is 698. The molecule has 0 unspecified atom stereocenters. The van der Waals surface area contributed by atoms with Gasteiger partial charge in [-0.1, -0.05) is 64.5 Å². The minimum Gasteiger partial charge on any atom is -0.456 e. The Morgan fingerprint density at radius 2 is 1.58 bits per heavy atom. The van der Waals surface area contributed by atoms with E-state index in [-0.39, 0.29) is 0 Å². The van der Waals surface area contributed by atoms with Crippen molar-refractivity contribution in [3.05, 3.63) is 70.7 Å². The fourth-order valence-corrected chi connectivity index (χ4v) is 2.63. The minimum atomic E-state index is 0.892. The third-order valence-corrected chi connectivity index (χ3v) is 3.78. The van der Waals surface area contributed by atoms with Gasteiger partial charge in [-0.25, -0.2) is 0 Å². The van der Waals surface area contributed by atoms with Gasteiger partial charge in [0.25, 0.3) is 0 Å². The number of benzene rings is 2. The van der Waals surface area contributed by atoms with Crippen LogP contribution in [0.1, 0.15) is 5.56 Å². The van der Waals surface area contributed by atoms with Gasteiger partial charge in [-0.15, -0.1) is 0 Å². The maximum Gasteiger partial charge on any atom is 0.137 e. The number of halogens is 1. The molecule has 0 radical (unpaired) electrons. The predicted octanol–water partition coefficient (Wildman–Crippen LogP) is 5.68. The van der Waals surface area contributed by atoms with Gasteiger partial charge in [0, 0.05) is 15.6 Å². The summed E-state index contributed by atoms with van der Waals surface area (Å²) < 4.78 is 7.08. The summed E-state index contributed by atoms with van der Waals surface area (Å²) in [6.07, 6.45) is 0. The number of hydrogen-bond donors (Lipinski definition) is 0. The largest absolute Gasteiger partial charge is 0.456 e. The smallest absolute Gasteiger partial charge is 0.137 e. The molecule has 0 aliphatic heterocycles. The van der Waals surface area contributed by atoms with Crippen molar-refractivity contribution in [2.45, 2.75) is 6.92 Å². The molecule has 1 aromatic heterocycles. The van der Waals surface area contributed by atoms with Crippen molar-refractivity contribution >= 4 is 15.9 Å². The lowest BCUT2D eigenvalue weighted by Gasteiger charge is -2.00. The summed E-state index contributed by atoms with van der Waals surface area (Å²) in [6.45, 7) is 2.08. The van der Waals surface area contributed by atoms with Crippen LogP contribution in [0.3, 0.4) is 0 Å². The molecule has 2 aromatic carbocycles. The van der Waals surface area contributed by atoms with E-state index in [1.54, 1.807) is 0 Å². The Balaban J connectivity index is 2.10. The maximum absolute atomic E-state index is 6.04. The van der Waals surface area contributed by atoms with Crippen molar-refractivity contribution in [3.63, 3.8) is 0 Å². The van der Waals surface area contributed by atoms with Gasteiger partial charge in [-0.05, 0) is 24.6 Å². The summed E-state index contributed by atoms with van der Waals surface area (Å²) in [7, 11) is 0. The van der Waals surface area contributed by atoms with Gasteiger partial charge in [-0.3, -0.25) is 0 Å². The van der Waals surface area contributed by atoms with Gasteiger partial charge >= 0.3 is 0 Å². The summed E-state index contributed by atoms with van der Waals surface area (Å²) in [4.78, 5) is 0. The number of hydrogen-bond acceptors (Lipinski definition) is 1. The second-order valence-corrected chi connectivity index (χ2v) is 5.32. The number of aryl methyl sites for hydroxylation is 1. The molecule has 0 saturated heterocycles. The number of rotatable bonds is 2. The van der Waals surface area contributed by atoms with Crippen LogP contribution in [0.25, 0.3) is 22.6 Å². The molecule has 94 valence electrons. The van der Waals surface area contributed by atoms with E-state index in [1.807, 2.05) is 36.4 Å². The van der Waals surface area contributed by atoms with E-state index >= 15 is 0 Å². The Hall–Kier alpha value is -1.80. The van der Waals surface area contributed by atoms with Crippen molar-refractivity contribution in [2.24, 2.45) is 0 Å². The van der Waals surface area contributed by atoms with Crippen LogP contribution in [-0.2, 0) is 0 Å². The highest BCUT2D eigenvalue weighted by atomic mass is 79.9. The monoisotopic (exact) mass is 312 g/mol. The highest BCUT2D eigenvalue weighted by Crippen LogP contribution is 2.35. The van der Waals surface area contributed by atoms with E-state index in [1.165, 1.54) is 0 Å². The molecule has 0 N–H and O–H groups in total. The van der Waals surface area contributed by atoms with Crippen molar-refractivity contribution in [1.29, 1.82) is 0 Å². The van der Waals surface area contributed by atoms with Gasteiger partial charge in [0.2, 0.25) is 0 Å². The van der Waals surface area contributed by atoms with E-state index in [4.69, 9.17) is 4.42 Å². The summed E-state index contributed by atoms with van der Waals surface area (Å²) in [5.74, 6) is 1.83. The van der Waals surface area contributed by atoms with Crippen LogP contribution >= 0.6 is 15.9 Å². The van der Waals surface area contributed by atoms with Gasteiger partial charge < -0.3 is 4.42 Å². The topological polar surface area (TPSA) is 13.1 Å². The molecule has 0 bridgehead atoms. The molecular weight excluding hydrogens is 300 g/mol. The van der Waals surface area contributed by atoms with Gasteiger partial charge in [0.15, 0.2) is 0 Å². The molecule has 0 spiro atoms. The quantitative estimate of drug-likeness (QED) is 0.593. The Morgan fingerprint density at radius 1 is 0.895 bits per heavy atom. The van der Waals surface area contributed by atoms with Crippen LogP contribution in [0.5, 0.6) is 0 Å². The molecule has 1 nitrogen and oxygen atoms in total. The van der Waals surface area contributed by atoms with Crippen LogP contribution in [0.15, 0.2) is 69.6 Å².